The molecule has 0 aliphatic rings. The van der Waals surface area contributed by atoms with E-state index in [4.69, 9.17) is 5.11 Å². The molecule has 5 nitrogen and oxygen atoms in total. The molecule has 0 bridgehead atoms. The average molecular weight is 262 g/mol. The molecule has 2 aromatic rings. The van der Waals surface area contributed by atoms with Crippen LogP contribution < -0.4 is 5.32 Å². The van der Waals surface area contributed by atoms with Crippen LogP contribution in [0.3, 0.4) is 0 Å². The number of nitrogens with zero attached hydrogens (tertiary/aromatic N) is 1. The molecule has 0 fully saturated rings. The summed E-state index contributed by atoms with van der Waals surface area (Å²) in [6, 6.07) is 7.70. The van der Waals surface area contributed by atoms with Gasteiger partial charge < -0.3 is 10.4 Å². The number of benzene rings is 1. The molecule has 1 aromatic carbocycles. The lowest BCUT2D eigenvalue weighted by atomic mass is 10.3. The molecule has 0 saturated heterocycles. The Morgan fingerprint density at radius 1 is 1.33 bits per heavy atom. The highest BCUT2D eigenvalue weighted by Gasteiger charge is 2.04. The lowest BCUT2D eigenvalue weighted by Gasteiger charge is -1.96. The van der Waals surface area contributed by atoms with Crippen LogP contribution >= 0.6 is 11.3 Å². The van der Waals surface area contributed by atoms with Gasteiger partial charge >= 0.3 is 5.97 Å². The van der Waals surface area contributed by atoms with E-state index in [1.165, 1.54) is 11.3 Å². The molecule has 6 heteroatoms. The first-order chi connectivity index (χ1) is 8.65. The normalized spacial score (nSPS) is 10.9. The van der Waals surface area contributed by atoms with Crippen molar-refractivity contribution in [3.63, 3.8) is 0 Å². The number of carboxylic acid groups (broad SMARTS) is 1. The third kappa shape index (κ3) is 3.14. The number of aliphatic carboxylic acids is 1. The first-order valence-corrected chi connectivity index (χ1v) is 6.00. The fourth-order valence-corrected chi connectivity index (χ4v) is 2.27. The predicted molar refractivity (Wildman–Crippen MR) is 68.2 cm³/mol. The molecule has 0 aliphatic heterocycles. The molecule has 1 aromatic heterocycles. The van der Waals surface area contributed by atoms with Gasteiger partial charge in [-0.3, -0.25) is 4.79 Å². The summed E-state index contributed by atoms with van der Waals surface area (Å²) in [5.74, 6) is -1.60. The van der Waals surface area contributed by atoms with Gasteiger partial charge in [0.05, 0.1) is 16.8 Å². The van der Waals surface area contributed by atoms with Crippen LogP contribution in [0.2, 0.25) is 0 Å². The van der Waals surface area contributed by atoms with Crippen molar-refractivity contribution in [2.45, 2.75) is 6.54 Å². The number of amides is 1. The number of aromatic nitrogens is 1. The lowest BCUT2D eigenvalue weighted by molar-refractivity contribution is -0.131. The molecular weight excluding hydrogens is 252 g/mol. The molecule has 0 unspecified atom stereocenters. The average Bonchev–Trinajstić information content (AvgIpc) is 2.76. The molecule has 0 radical (unpaired) electrons. The third-order valence-electron chi connectivity index (χ3n) is 2.13. The fourth-order valence-electron chi connectivity index (χ4n) is 1.36. The molecule has 18 heavy (non-hydrogen) atoms. The topological polar surface area (TPSA) is 79.3 Å². The van der Waals surface area contributed by atoms with Crippen LogP contribution in [0.5, 0.6) is 0 Å². The van der Waals surface area contributed by atoms with Crippen molar-refractivity contribution in [2.75, 3.05) is 0 Å². The lowest BCUT2D eigenvalue weighted by Crippen LogP contribution is -2.20. The number of nitrogens with one attached hydrogen (secondary N) is 1. The van der Waals surface area contributed by atoms with Gasteiger partial charge in [-0.15, -0.1) is 11.3 Å². The van der Waals surface area contributed by atoms with E-state index < -0.39 is 11.9 Å². The van der Waals surface area contributed by atoms with Gasteiger partial charge in [-0.25, -0.2) is 9.78 Å². The quantitative estimate of drug-likeness (QED) is 0.819. The summed E-state index contributed by atoms with van der Waals surface area (Å²) in [5, 5.41) is 11.7. The van der Waals surface area contributed by atoms with Crippen molar-refractivity contribution in [1.82, 2.24) is 10.3 Å². The Labute approximate surface area is 107 Å². The van der Waals surface area contributed by atoms with Gasteiger partial charge in [0.25, 0.3) is 0 Å². The summed E-state index contributed by atoms with van der Waals surface area (Å²) in [7, 11) is 0. The second-order valence-corrected chi connectivity index (χ2v) is 4.58. The molecule has 0 atom stereocenters. The van der Waals surface area contributed by atoms with Crippen LogP contribution in [0.1, 0.15) is 5.01 Å². The smallest absolute Gasteiger partial charge is 0.328 e. The molecule has 0 aliphatic carbocycles. The van der Waals surface area contributed by atoms with Gasteiger partial charge in [-0.05, 0) is 12.1 Å². The Hall–Kier alpha value is -2.21. The second-order valence-electron chi connectivity index (χ2n) is 3.46. The van der Waals surface area contributed by atoms with E-state index in [-0.39, 0.29) is 0 Å². The van der Waals surface area contributed by atoms with Crippen molar-refractivity contribution in [1.29, 1.82) is 0 Å². The standard InChI is InChI=1S/C12H10N2O3S/c15-10(5-6-12(16)17)13-7-11-14-8-3-1-2-4-9(8)18-11/h1-6H,7H2,(H,13,15)(H,16,17)/b6-5+. The summed E-state index contributed by atoms with van der Waals surface area (Å²) in [6.45, 7) is 0.294. The summed E-state index contributed by atoms with van der Waals surface area (Å²) < 4.78 is 1.06. The zero-order valence-electron chi connectivity index (χ0n) is 9.29. The van der Waals surface area contributed by atoms with Crippen molar-refractivity contribution < 1.29 is 14.7 Å². The number of thiazole rings is 1. The predicted octanol–water partition coefficient (Wildman–Crippen LogP) is 1.55. The number of carboxylic acids is 1. The van der Waals surface area contributed by atoms with Crippen molar-refractivity contribution >= 4 is 33.4 Å². The van der Waals surface area contributed by atoms with Crippen molar-refractivity contribution in [2.24, 2.45) is 0 Å². The zero-order valence-corrected chi connectivity index (χ0v) is 10.1. The van der Waals surface area contributed by atoms with Crippen LogP contribution in [0.15, 0.2) is 36.4 Å². The molecule has 92 valence electrons. The monoisotopic (exact) mass is 262 g/mol. The van der Waals surface area contributed by atoms with E-state index in [0.29, 0.717) is 6.54 Å². The minimum Gasteiger partial charge on any atom is -0.478 e. The first kappa shape index (κ1) is 12.3. The van der Waals surface area contributed by atoms with Crippen LogP contribution in [-0.4, -0.2) is 22.0 Å². The summed E-state index contributed by atoms with van der Waals surface area (Å²) in [5.41, 5.74) is 0.896. The fraction of sp³-hybridized carbons (Fsp3) is 0.0833. The van der Waals surface area contributed by atoms with Crippen LogP contribution in [0.25, 0.3) is 10.2 Å². The number of hydrogen-bond donors (Lipinski definition) is 2. The first-order valence-electron chi connectivity index (χ1n) is 5.18. The summed E-state index contributed by atoms with van der Waals surface area (Å²) in [4.78, 5) is 25.8. The second kappa shape index (κ2) is 5.42. The molecule has 2 N–H and O–H groups in total. The third-order valence-corrected chi connectivity index (χ3v) is 3.17. The highest BCUT2D eigenvalue weighted by Crippen LogP contribution is 2.21. The van der Waals surface area contributed by atoms with Crippen molar-refractivity contribution in [3.05, 3.63) is 41.4 Å². The van der Waals surface area contributed by atoms with Crippen LogP contribution in [-0.2, 0) is 16.1 Å². The number of para-hydroxylation sites is 1. The number of fused-ring (bicyclic) bond motifs is 1. The molecular formula is C12H10N2O3S. The Morgan fingerprint density at radius 3 is 2.83 bits per heavy atom. The van der Waals surface area contributed by atoms with Gasteiger partial charge in [0, 0.05) is 12.2 Å². The van der Waals surface area contributed by atoms with E-state index in [1.807, 2.05) is 24.3 Å². The molecule has 1 heterocycles. The molecule has 0 saturated carbocycles. The minimum absolute atomic E-state index is 0.294. The Kier molecular flexibility index (Phi) is 3.69. The molecule has 2 rings (SSSR count). The Morgan fingerprint density at radius 2 is 2.11 bits per heavy atom. The molecule has 1 amide bonds. The number of carbonyl (C=O) groups is 2. The van der Waals surface area contributed by atoms with Gasteiger partial charge in [0.15, 0.2) is 0 Å². The van der Waals surface area contributed by atoms with E-state index in [2.05, 4.69) is 10.3 Å². The summed E-state index contributed by atoms with van der Waals surface area (Å²) >= 11 is 1.50. The number of hydrogen-bond acceptors (Lipinski definition) is 4. The largest absolute Gasteiger partial charge is 0.478 e. The maximum atomic E-state index is 11.3. The highest BCUT2D eigenvalue weighted by molar-refractivity contribution is 7.18. The van der Waals surface area contributed by atoms with Gasteiger partial charge in [0.2, 0.25) is 5.91 Å². The molecule has 0 spiro atoms. The maximum Gasteiger partial charge on any atom is 0.328 e. The number of carbonyl (C=O) groups excluding carboxylic acids is 1. The van der Waals surface area contributed by atoms with Gasteiger partial charge in [0.1, 0.15) is 5.01 Å². The van der Waals surface area contributed by atoms with E-state index in [9.17, 15) is 9.59 Å². The van der Waals surface area contributed by atoms with Gasteiger partial charge in [-0.1, -0.05) is 12.1 Å². The number of rotatable bonds is 4. The highest BCUT2D eigenvalue weighted by atomic mass is 32.1. The Bertz CT molecular complexity index is 586. The maximum absolute atomic E-state index is 11.3. The van der Waals surface area contributed by atoms with Crippen LogP contribution in [0, 0.1) is 0 Å². The van der Waals surface area contributed by atoms with Crippen LogP contribution in [0.4, 0.5) is 0 Å². The van der Waals surface area contributed by atoms with E-state index >= 15 is 0 Å². The van der Waals surface area contributed by atoms with E-state index in [0.717, 1.165) is 27.4 Å². The Balaban J connectivity index is 1.98. The zero-order chi connectivity index (χ0) is 13.0. The summed E-state index contributed by atoms with van der Waals surface area (Å²) in [6.07, 6.45) is 1.78. The minimum atomic E-state index is -1.15. The SMILES string of the molecule is O=C(O)/C=C/C(=O)NCc1nc2ccccc2s1. The van der Waals surface area contributed by atoms with E-state index in [1.54, 1.807) is 0 Å². The van der Waals surface area contributed by atoms with Gasteiger partial charge in [-0.2, -0.15) is 0 Å². The van der Waals surface area contributed by atoms with Crippen molar-refractivity contribution in [3.8, 4) is 0 Å².